The van der Waals surface area contributed by atoms with Gasteiger partial charge in [-0.15, -0.1) is 0 Å². The SMILES string of the molecule is C=CCOc1ccc(-c2ccc(-c3ccc(C4=CCC(CCC=CC)CC4)cc3F)cc2)c(F)c1F. The molecule has 1 aliphatic rings. The fourth-order valence-corrected chi connectivity index (χ4v) is 4.70. The Balaban J connectivity index is 1.49. The van der Waals surface area contributed by atoms with E-state index < -0.39 is 11.6 Å². The van der Waals surface area contributed by atoms with Crippen LogP contribution < -0.4 is 4.74 Å². The van der Waals surface area contributed by atoms with E-state index in [1.165, 1.54) is 30.2 Å². The van der Waals surface area contributed by atoms with Crippen LogP contribution >= 0.6 is 0 Å². The van der Waals surface area contributed by atoms with Crippen LogP contribution in [0, 0.1) is 23.4 Å². The van der Waals surface area contributed by atoms with E-state index in [-0.39, 0.29) is 23.7 Å². The summed E-state index contributed by atoms with van der Waals surface area (Å²) >= 11 is 0. The van der Waals surface area contributed by atoms with Crippen molar-refractivity contribution in [3.05, 3.63) is 108 Å². The maximum Gasteiger partial charge on any atom is 0.201 e. The predicted octanol–water partition coefficient (Wildman–Crippen LogP) is 9.54. The van der Waals surface area contributed by atoms with Crippen LogP contribution in [0.2, 0.25) is 0 Å². The maximum atomic E-state index is 15.1. The number of halogens is 3. The molecule has 36 heavy (non-hydrogen) atoms. The number of hydrogen-bond donors (Lipinski definition) is 0. The van der Waals surface area contributed by atoms with Crippen LogP contribution in [-0.2, 0) is 0 Å². The smallest absolute Gasteiger partial charge is 0.201 e. The highest BCUT2D eigenvalue weighted by Gasteiger charge is 2.18. The van der Waals surface area contributed by atoms with E-state index in [1.54, 1.807) is 36.4 Å². The molecule has 1 aliphatic carbocycles. The van der Waals surface area contributed by atoms with Gasteiger partial charge in [-0.25, -0.2) is 8.78 Å². The Kier molecular flexibility index (Phi) is 8.48. The van der Waals surface area contributed by atoms with Crippen molar-refractivity contribution >= 4 is 5.57 Å². The van der Waals surface area contributed by atoms with Crippen LogP contribution in [0.3, 0.4) is 0 Å². The monoisotopic (exact) mass is 488 g/mol. The summed E-state index contributed by atoms with van der Waals surface area (Å²) in [5.74, 6) is -1.78. The zero-order valence-electron chi connectivity index (χ0n) is 20.6. The van der Waals surface area contributed by atoms with E-state index in [1.807, 2.05) is 13.0 Å². The van der Waals surface area contributed by atoms with Crippen LogP contribution in [0.5, 0.6) is 5.75 Å². The summed E-state index contributed by atoms with van der Waals surface area (Å²) in [5, 5.41) is 0. The second kappa shape index (κ2) is 11.9. The molecule has 0 N–H and O–H groups in total. The van der Waals surface area contributed by atoms with Crippen molar-refractivity contribution in [3.63, 3.8) is 0 Å². The molecule has 0 aromatic heterocycles. The Hall–Kier alpha value is -3.53. The summed E-state index contributed by atoms with van der Waals surface area (Å²) in [6.07, 6.45) is 13.5. The van der Waals surface area contributed by atoms with Crippen molar-refractivity contribution in [3.8, 4) is 28.0 Å². The van der Waals surface area contributed by atoms with Crippen LogP contribution in [-0.4, -0.2) is 6.61 Å². The molecular formula is C32H31F3O. The molecule has 3 aromatic rings. The highest BCUT2D eigenvalue weighted by atomic mass is 19.2. The molecule has 1 nitrogen and oxygen atoms in total. The van der Waals surface area contributed by atoms with E-state index in [0.717, 1.165) is 31.2 Å². The molecule has 0 fully saturated rings. The Bertz CT molecular complexity index is 1270. The number of rotatable bonds is 9. The molecule has 0 heterocycles. The fourth-order valence-electron chi connectivity index (χ4n) is 4.70. The summed E-state index contributed by atoms with van der Waals surface area (Å²) in [7, 11) is 0. The van der Waals surface area contributed by atoms with Crippen LogP contribution in [0.4, 0.5) is 13.2 Å². The van der Waals surface area contributed by atoms with E-state index in [2.05, 4.69) is 24.8 Å². The summed E-state index contributed by atoms with van der Waals surface area (Å²) in [5.41, 5.74) is 3.90. The number of ether oxygens (including phenoxy) is 1. The minimum Gasteiger partial charge on any atom is -0.486 e. The average Bonchev–Trinajstić information content (AvgIpc) is 2.90. The van der Waals surface area contributed by atoms with Gasteiger partial charge in [0.1, 0.15) is 12.4 Å². The molecular weight excluding hydrogens is 457 g/mol. The summed E-state index contributed by atoms with van der Waals surface area (Å²) in [6.45, 7) is 5.64. The van der Waals surface area contributed by atoms with Gasteiger partial charge in [0.25, 0.3) is 0 Å². The zero-order chi connectivity index (χ0) is 25.5. The molecule has 0 aliphatic heterocycles. The van der Waals surface area contributed by atoms with Gasteiger partial charge in [-0.05, 0) is 85.4 Å². The lowest BCUT2D eigenvalue weighted by Gasteiger charge is -2.22. The number of benzene rings is 3. The molecule has 4 heteroatoms. The molecule has 0 saturated heterocycles. The first-order valence-corrected chi connectivity index (χ1v) is 12.4. The Morgan fingerprint density at radius 2 is 1.61 bits per heavy atom. The van der Waals surface area contributed by atoms with Crippen molar-refractivity contribution in [2.24, 2.45) is 5.92 Å². The van der Waals surface area contributed by atoms with Crippen molar-refractivity contribution in [2.45, 2.75) is 39.0 Å². The summed E-state index contributed by atoms with van der Waals surface area (Å²) < 4.78 is 49.2. The van der Waals surface area contributed by atoms with E-state index in [4.69, 9.17) is 4.74 Å². The highest BCUT2D eigenvalue weighted by Crippen LogP contribution is 2.35. The van der Waals surface area contributed by atoms with Gasteiger partial charge in [-0.3, -0.25) is 0 Å². The first-order valence-electron chi connectivity index (χ1n) is 12.4. The third-order valence-electron chi connectivity index (χ3n) is 6.75. The predicted molar refractivity (Wildman–Crippen MR) is 142 cm³/mol. The molecule has 1 unspecified atom stereocenters. The molecule has 0 saturated carbocycles. The normalized spacial score (nSPS) is 15.7. The van der Waals surface area contributed by atoms with Gasteiger partial charge in [-0.1, -0.05) is 67.3 Å². The van der Waals surface area contributed by atoms with Crippen LogP contribution in [0.25, 0.3) is 27.8 Å². The first kappa shape index (κ1) is 25.6. The molecule has 0 radical (unpaired) electrons. The summed E-state index contributed by atoms with van der Waals surface area (Å²) in [4.78, 5) is 0. The van der Waals surface area contributed by atoms with Gasteiger partial charge in [0.05, 0.1) is 0 Å². The Labute approximate surface area is 211 Å². The maximum absolute atomic E-state index is 15.1. The molecule has 4 rings (SSSR count). The van der Waals surface area contributed by atoms with Gasteiger partial charge in [0.15, 0.2) is 11.6 Å². The van der Waals surface area contributed by atoms with Crippen LogP contribution in [0.1, 0.15) is 44.6 Å². The second-order valence-corrected chi connectivity index (χ2v) is 9.13. The van der Waals surface area contributed by atoms with Gasteiger partial charge < -0.3 is 4.74 Å². The van der Waals surface area contributed by atoms with Crippen molar-refractivity contribution in [1.82, 2.24) is 0 Å². The molecule has 0 bridgehead atoms. The second-order valence-electron chi connectivity index (χ2n) is 9.13. The van der Waals surface area contributed by atoms with Gasteiger partial charge in [-0.2, -0.15) is 4.39 Å². The van der Waals surface area contributed by atoms with Gasteiger partial charge >= 0.3 is 0 Å². The zero-order valence-corrected chi connectivity index (χ0v) is 20.6. The number of allylic oxidation sites excluding steroid dienone is 4. The Morgan fingerprint density at radius 1 is 0.917 bits per heavy atom. The molecule has 0 spiro atoms. The third-order valence-corrected chi connectivity index (χ3v) is 6.75. The largest absolute Gasteiger partial charge is 0.486 e. The first-order chi connectivity index (χ1) is 17.5. The Morgan fingerprint density at radius 3 is 2.25 bits per heavy atom. The minimum absolute atomic E-state index is 0.0867. The van der Waals surface area contributed by atoms with Crippen molar-refractivity contribution in [2.75, 3.05) is 6.61 Å². The van der Waals surface area contributed by atoms with Crippen molar-refractivity contribution in [1.29, 1.82) is 0 Å². The minimum atomic E-state index is -1.04. The average molecular weight is 489 g/mol. The molecule has 186 valence electrons. The molecule has 0 amide bonds. The van der Waals surface area contributed by atoms with E-state index in [9.17, 15) is 8.78 Å². The lowest BCUT2D eigenvalue weighted by Crippen LogP contribution is -2.05. The van der Waals surface area contributed by atoms with E-state index >= 15 is 4.39 Å². The fraction of sp³-hybridized carbons (Fsp3) is 0.250. The third kappa shape index (κ3) is 5.81. The standard InChI is InChI=1S/C32H31F3O/c1-3-5-6-7-22-8-10-23(11-9-22)26-16-17-27(29(33)21-26)24-12-14-25(15-13-24)28-18-19-30(36-20-4-2)32(35)31(28)34/h3-5,10,12-19,21-22H,2,6-9,11,20H2,1H3. The molecule has 3 aromatic carbocycles. The summed E-state index contributed by atoms with van der Waals surface area (Å²) in [6, 6.07) is 15.0. The lowest BCUT2D eigenvalue weighted by molar-refractivity contribution is 0.333. The molecule has 1 atom stereocenters. The van der Waals surface area contributed by atoms with Gasteiger partial charge in [0, 0.05) is 11.1 Å². The van der Waals surface area contributed by atoms with E-state index in [0.29, 0.717) is 22.6 Å². The van der Waals surface area contributed by atoms with Gasteiger partial charge in [0.2, 0.25) is 5.82 Å². The highest BCUT2D eigenvalue weighted by molar-refractivity contribution is 5.74. The van der Waals surface area contributed by atoms with Crippen LogP contribution in [0.15, 0.2) is 85.5 Å². The quantitative estimate of drug-likeness (QED) is 0.273. The lowest BCUT2D eigenvalue weighted by atomic mass is 9.84. The van der Waals surface area contributed by atoms with Crippen molar-refractivity contribution < 1.29 is 17.9 Å². The topological polar surface area (TPSA) is 9.23 Å². The number of hydrogen-bond acceptors (Lipinski definition) is 1.